The van der Waals surface area contributed by atoms with Crippen LogP contribution in [0.15, 0.2) is 53.9 Å². The Kier molecular flexibility index (Phi) is 5.12. The lowest BCUT2D eigenvalue weighted by atomic mass is 10.1. The summed E-state index contributed by atoms with van der Waals surface area (Å²) < 4.78 is 28.0. The summed E-state index contributed by atoms with van der Waals surface area (Å²) in [6.07, 6.45) is 0.785. The molecule has 0 radical (unpaired) electrons. The van der Waals surface area contributed by atoms with Crippen molar-refractivity contribution in [3.8, 4) is 11.4 Å². The van der Waals surface area contributed by atoms with E-state index in [0.29, 0.717) is 29.3 Å². The summed E-state index contributed by atoms with van der Waals surface area (Å²) in [6, 6.07) is 12.0. The molecule has 0 aliphatic heterocycles. The molecule has 4 rings (SSSR count). The minimum Gasteiger partial charge on any atom is -0.355 e. The Bertz CT molecular complexity index is 1120. The summed E-state index contributed by atoms with van der Waals surface area (Å²) >= 11 is 1.44. The molecule has 0 saturated heterocycles. The zero-order valence-corrected chi connectivity index (χ0v) is 15.5. The number of benzene rings is 2. The fourth-order valence-electron chi connectivity index (χ4n) is 2.83. The molecule has 2 heterocycles. The third-order valence-corrected chi connectivity index (χ3v) is 5.08. The first-order chi connectivity index (χ1) is 13.6. The number of rotatable bonds is 6. The van der Waals surface area contributed by atoms with E-state index >= 15 is 0 Å². The van der Waals surface area contributed by atoms with Crippen LogP contribution in [0.5, 0.6) is 0 Å². The molecule has 8 heteroatoms. The molecule has 0 fully saturated rings. The fraction of sp³-hybridized carbons (Fsp3) is 0.150. The van der Waals surface area contributed by atoms with Gasteiger partial charge in [-0.3, -0.25) is 4.79 Å². The number of amides is 1. The smallest absolute Gasteiger partial charge is 0.224 e. The van der Waals surface area contributed by atoms with Crippen molar-refractivity contribution in [3.05, 3.63) is 76.8 Å². The topological polar surface area (TPSA) is 59.3 Å². The van der Waals surface area contributed by atoms with Gasteiger partial charge in [0.2, 0.25) is 10.9 Å². The van der Waals surface area contributed by atoms with Crippen molar-refractivity contribution in [2.75, 3.05) is 6.54 Å². The summed E-state index contributed by atoms with van der Waals surface area (Å²) in [4.78, 5) is 17.2. The lowest BCUT2D eigenvalue weighted by molar-refractivity contribution is -0.120. The molecule has 0 atom stereocenters. The Morgan fingerprint density at radius 3 is 2.71 bits per heavy atom. The highest BCUT2D eigenvalue weighted by Gasteiger charge is 2.12. The van der Waals surface area contributed by atoms with Crippen molar-refractivity contribution < 1.29 is 13.6 Å². The highest BCUT2D eigenvalue weighted by molar-refractivity contribution is 7.15. The van der Waals surface area contributed by atoms with Gasteiger partial charge in [0.1, 0.15) is 11.6 Å². The maximum Gasteiger partial charge on any atom is 0.224 e. The average Bonchev–Trinajstić information content (AvgIpc) is 3.25. The SMILES string of the molecule is O=C(Cc1ccc(F)cc1)NCCc1csc2nc(-c3cccc(F)c3)nn12. The molecule has 2 aromatic heterocycles. The van der Waals surface area contributed by atoms with Crippen molar-refractivity contribution in [2.24, 2.45) is 0 Å². The van der Waals surface area contributed by atoms with Crippen LogP contribution in [0.25, 0.3) is 16.3 Å². The van der Waals surface area contributed by atoms with Gasteiger partial charge in [0.05, 0.1) is 12.1 Å². The first-order valence-electron chi connectivity index (χ1n) is 8.69. The minimum absolute atomic E-state index is 0.128. The maximum absolute atomic E-state index is 13.4. The van der Waals surface area contributed by atoms with E-state index in [9.17, 15) is 13.6 Å². The van der Waals surface area contributed by atoms with E-state index in [1.165, 1.54) is 35.6 Å². The van der Waals surface area contributed by atoms with Crippen molar-refractivity contribution in [2.45, 2.75) is 12.8 Å². The molecule has 28 heavy (non-hydrogen) atoms. The molecule has 0 unspecified atom stereocenters. The maximum atomic E-state index is 13.4. The Hall–Kier alpha value is -3.13. The minimum atomic E-state index is -0.334. The molecule has 0 aliphatic carbocycles. The molecular weight excluding hydrogens is 382 g/mol. The first kappa shape index (κ1) is 18.2. The summed E-state index contributed by atoms with van der Waals surface area (Å²) in [6.45, 7) is 0.445. The number of hydrogen-bond donors (Lipinski definition) is 1. The number of hydrogen-bond acceptors (Lipinski definition) is 4. The Morgan fingerprint density at radius 2 is 1.93 bits per heavy atom. The Morgan fingerprint density at radius 1 is 1.11 bits per heavy atom. The third-order valence-electron chi connectivity index (χ3n) is 4.21. The summed E-state index contributed by atoms with van der Waals surface area (Å²) in [7, 11) is 0. The molecule has 1 amide bonds. The quantitative estimate of drug-likeness (QED) is 0.540. The van der Waals surface area contributed by atoms with Crippen LogP contribution in [0, 0.1) is 11.6 Å². The number of aromatic nitrogens is 3. The van der Waals surface area contributed by atoms with Crippen LogP contribution in [-0.4, -0.2) is 27.0 Å². The van der Waals surface area contributed by atoms with Crippen LogP contribution in [0.3, 0.4) is 0 Å². The molecule has 2 aromatic carbocycles. The highest BCUT2D eigenvalue weighted by atomic mass is 32.1. The van der Waals surface area contributed by atoms with E-state index in [0.717, 1.165) is 11.3 Å². The van der Waals surface area contributed by atoms with Gasteiger partial charge in [-0.15, -0.1) is 16.4 Å². The Labute approximate surface area is 163 Å². The number of fused-ring (bicyclic) bond motifs is 1. The van der Waals surface area contributed by atoms with Crippen LogP contribution >= 0.6 is 11.3 Å². The van der Waals surface area contributed by atoms with Gasteiger partial charge in [-0.2, -0.15) is 4.98 Å². The molecule has 1 N–H and O–H groups in total. The molecular formula is C20H16F2N4OS. The number of nitrogens with one attached hydrogen (secondary N) is 1. The molecule has 5 nitrogen and oxygen atoms in total. The molecule has 0 aliphatic rings. The van der Waals surface area contributed by atoms with E-state index in [1.54, 1.807) is 28.8 Å². The standard InChI is InChI=1S/C20H16F2N4OS/c21-15-6-4-13(5-7-15)10-18(27)23-9-8-17-12-28-20-24-19(25-26(17)20)14-2-1-3-16(22)11-14/h1-7,11-12H,8-10H2,(H,23,27). The van der Waals surface area contributed by atoms with E-state index < -0.39 is 0 Å². The van der Waals surface area contributed by atoms with E-state index in [1.807, 2.05) is 5.38 Å². The van der Waals surface area contributed by atoms with Gasteiger partial charge in [0, 0.05) is 23.9 Å². The van der Waals surface area contributed by atoms with Crippen LogP contribution in [0.2, 0.25) is 0 Å². The molecule has 142 valence electrons. The summed E-state index contributed by atoms with van der Waals surface area (Å²) in [5.74, 6) is -0.319. The molecule has 0 bridgehead atoms. The predicted octanol–water partition coefficient (Wildman–Crippen LogP) is 3.64. The number of carbonyl (C=O) groups excluding carboxylic acids is 1. The lowest BCUT2D eigenvalue weighted by Gasteiger charge is -2.05. The van der Waals surface area contributed by atoms with Gasteiger partial charge < -0.3 is 5.32 Å². The fourth-order valence-corrected chi connectivity index (χ4v) is 3.68. The number of thiazole rings is 1. The zero-order chi connectivity index (χ0) is 19.5. The first-order valence-corrected chi connectivity index (χ1v) is 9.57. The van der Waals surface area contributed by atoms with Crippen molar-refractivity contribution in [1.82, 2.24) is 19.9 Å². The van der Waals surface area contributed by atoms with Gasteiger partial charge in [-0.1, -0.05) is 24.3 Å². The van der Waals surface area contributed by atoms with E-state index in [2.05, 4.69) is 15.4 Å². The zero-order valence-electron chi connectivity index (χ0n) is 14.7. The van der Waals surface area contributed by atoms with E-state index in [4.69, 9.17) is 0 Å². The van der Waals surface area contributed by atoms with Gasteiger partial charge in [0.15, 0.2) is 5.82 Å². The summed E-state index contributed by atoms with van der Waals surface area (Å²) in [5, 5.41) is 9.26. The van der Waals surface area contributed by atoms with Crippen LogP contribution in [0.4, 0.5) is 8.78 Å². The van der Waals surface area contributed by atoms with Crippen LogP contribution in [-0.2, 0) is 17.6 Å². The third kappa shape index (κ3) is 4.07. The van der Waals surface area contributed by atoms with Crippen LogP contribution in [0.1, 0.15) is 11.3 Å². The second-order valence-electron chi connectivity index (χ2n) is 6.27. The van der Waals surface area contributed by atoms with Crippen molar-refractivity contribution in [3.63, 3.8) is 0 Å². The monoisotopic (exact) mass is 398 g/mol. The second-order valence-corrected chi connectivity index (χ2v) is 7.11. The number of nitrogens with zero attached hydrogens (tertiary/aromatic N) is 3. The summed E-state index contributed by atoms with van der Waals surface area (Å²) in [5.41, 5.74) is 2.29. The molecule has 4 aromatic rings. The number of halogens is 2. The van der Waals surface area contributed by atoms with Gasteiger partial charge in [0.25, 0.3) is 0 Å². The van der Waals surface area contributed by atoms with Crippen LogP contribution < -0.4 is 5.32 Å². The highest BCUT2D eigenvalue weighted by Crippen LogP contribution is 2.21. The van der Waals surface area contributed by atoms with Gasteiger partial charge in [-0.25, -0.2) is 13.3 Å². The number of carbonyl (C=O) groups is 1. The van der Waals surface area contributed by atoms with Crippen molar-refractivity contribution in [1.29, 1.82) is 0 Å². The predicted molar refractivity (Wildman–Crippen MR) is 103 cm³/mol. The lowest BCUT2D eigenvalue weighted by Crippen LogP contribution is -2.27. The second kappa shape index (κ2) is 7.85. The Balaban J connectivity index is 1.38. The normalized spacial score (nSPS) is 11.1. The van der Waals surface area contributed by atoms with Gasteiger partial charge in [-0.05, 0) is 29.8 Å². The van der Waals surface area contributed by atoms with Gasteiger partial charge >= 0.3 is 0 Å². The average molecular weight is 398 g/mol. The largest absolute Gasteiger partial charge is 0.355 e. The van der Waals surface area contributed by atoms with Crippen molar-refractivity contribution >= 4 is 22.2 Å². The van der Waals surface area contributed by atoms with E-state index in [-0.39, 0.29) is 24.0 Å². The molecule has 0 saturated carbocycles. The molecule has 0 spiro atoms.